The van der Waals surface area contributed by atoms with Crippen LogP contribution in [0.1, 0.15) is 12.1 Å². The van der Waals surface area contributed by atoms with Crippen LogP contribution in [0.2, 0.25) is 0 Å². The summed E-state index contributed by atoms with van der Waals surface area (Å²) in [5.74, 6) is -4.86. The van der Waals surface area contributed by atoms with Gasteiger partial charge in [-0.3, -0.25) is 10.00 Å². The summed E-state index contributed by atoms with van der Waals surface area (Å²) >= 11 is 0. The number of aromatic nitrogens is 2. The highest BCUT2D eigenvalue weighted by molar-refractivity contribution is 5.92. The topological polar surface area (TPSA) is 56.1 Å². The van der Waals surface area contributed by atoms with Gasteiger partial charge >= 0.3 is 6.09 Å². The average Bonchev–Trinajstić information content (AvgIpc) is 3.00. The first-order valence-corrected chi connectivity index (χ1v) is 7.80. The number of nitrogens with one attached hydrogen (secondary N) is 1. The van der Waals surface area contributed by atoms with E-state index in [0.717, 1.165) is 23.0 Å². The van der Waals surface area contributed by atoms with Gasteiger partial charge < -0.3 is 4.74 Å². The van der Waals surface area contributed by atoms with E-state index in [1.807, 2.05) is 0 Å². The third kappa shape index (κ3) is 3.95. The first-order valence-electron chi connectivity index (χ1n) is 7.80. The van der Waals surface area contributed by atoms with E-state index in [2.05, 4.69) is 10.4 Å². The quantitative estimate of drug-likeness (QED) is 0.495. The molecule has 28 heavy (non-hydrogen) atoms. The molecule has 3 aromatic rings. The Hall–Kier alpha value is -3.43. The highest BCUT2D eigenvalue weighted by Gasteiger charge is 2.22. The molecule has 1 amide bonds. The fourth-order valence-corrected chi connectivity index (χ4v) is 2.50. The van der Waals surface area contributed by atoms with Crippen molar-refractivity contribution in [3.8, 4) is 16.9 Å². The van der Waals surface area contributed by atoms with Crippen molar-refractivity contribution in [2.24, 2.45) is 7.05 Å². The molecular formula is C18H12F5N3O2. The SMILES string of the molecule is Cn1cc(OC(=O)Nc2ccccc2-c2cc(F)c(F)c(F)c2)c(C(F)F)n1. The predicted molar refractivity (Wildman–Crippen MR) is 89.6 cm³/mol. The van der Waals surface area contributed by atoms with Gasteiger partial charge in [0.05, 0.1) is 11.9 Å². The summed E-state index contributed by atoms with van der Waals surface area (Å²) in [5.41, 5.74) is -0.520. The van der Waals surface area contributed by atoms with E-state index in [1.165, 1.54) is 31.3 Å². The number of alkyl halides is 2. The van der Waals surface area contributed by atoms with Crippen LogP contribution >= 0.6 is 0 Å². The van der Waals surface area contributed by atoms with Gasteiger partial charge in [-0.25, -0.2) is 26.7 Å². The van der Waals surface area contributed by atoms with Gasteiger partial charge in [0.2, 0.25) is 0 Å². The minimum absolute atomic E-state index is 0.0399. The second-order valence-electron chi connectivity index (χ2n) is 5.67. The molecule has 0 aliphatic heterocycles. The zero-order valence-electron chi connectivity index (χ0n) is 14.2. The average molecular weight is 397 g/mol. The molecule has 1 N–H and O–H groups in total. The van der Waals surface area contributed by atoms with Crippen LogP contribution in [0, 0.1) is 17.5 Å². The Kier molecular flexibility index (Phi) is 5.30. The largest absolute Gasteiger partial charge is 0.417 e. The lowest BCUT2D eigenvalue weighted by atomic mass is 10.0. The summed E-state index contributed by atoms with van der Waals surface area (Å²) in [6.45, 7) is 0. The zero-order chi connectivity index (χ0) is 20.4. The molecule has 0 bridgehead atoms. The van der Waals surface area contributed by atoms with E-state index in [0.29, 0.717) is 0 Å². The molecule has 5 nitrogen and oxygen atoms in total. The Balaban J connectivity index is 1.87. The number of aryl methyl sites for hydroxylation is 1. The molecule has 0 atom stereocenters. The van der Waals surface area contributed by atoms with Gasteiger partial charge in [0.1, 0.15) is 0 Å². The van der Waals surface area contributed by atoms with Crippen LogP contribution in [0.15, 0.2) is 42.6 Å². The Morgan fingerprint density at radius 3 is 2.43 bits per heavy atom. The van der Waals surface area contributed by atoms with Crippen LogP contribution in [0.25, 0.3) is 11.1 Å². The number of halogens is 5. The summed E-state index contributed by atoms with van der Waals surface area (Å²) in [7, 11) is 1.38. The summed E-state index contributed by atoms with van der Waals surface area (Å²) in [6, 6.07) is 7.40. The number of carbonyl (C=O) groups excluding carboxylic acids is 1. The number of hydrogen-bond acceptors (Lipinski definition) is 3. The molecule has 0 unspecified atom stereocenters. The third-order valence-corrected chi connectivity index (χ3v) is 3.69. The standard InChI is InChI=1S/C18H12F5N3O2/c1-26-8-14(16(25-26)17(22)23)28-18(27)24-13-5-3-2-4-10(13)9-6-11(19)15(21)12(20)7-9/h2-8,17H,1H3,(H,24,27). The molecule has 0 aliphatic carbocycles. The minimum atomic E-state index is -2.96. The second kappa shape index (κ2) is 7.67. The second-order valence-corrected chi connectivity index (χ2v) is 5.67. The Labute approximate surface area is 155 Å². The zero-order valence-corrected chi connectivity index (χ0v) is 14.2. The fourth-order valence-electron chi connectivity index (χ4n) is 2.50. The van der Waals surface area contributed by atoms with Gasteiger partial charge in [-0.1, -0.05) is 18.2 Å². The molecule has 0 aliphatic rings. The van der Waals surface area contributed by atoms with Gasteiger partial charge in [0.25, 0.3) is 6.43 Å². The van der Waals surface area contributed by atoms with Crippen molar-refractivity contribution >= 4 is 11.8 Å². The maximum absolute atomic E-state index is 13.5. The van der Waals surface area contributed by atoms with Crippen LogP contribution in [0.3, 0.4) is 0 Å². The normalized spacial score (nSPS) is 11.0. The number of carbonyl (C=O) groups is 1. The number of benzene rings is 2. The molecule has 0 radical (unpaired) electrons. The van der Waals surface area contributed by atoms with Crippen molar-refractivity contribution < 1.29 is 31.5 Å². The highest BCUT2D eigenvalue weighted by Crippen LogP contribution is 2.31. The van der Waals surface area contributed by atoms with Crippen molar-refractivity contribution in [2.45, 2.75) is 6.43 Å². The predicted octanol–water partition coefficient (Wildman–Crippen LogP) is 5.05. The van der Waals surface area contributed by atoms with Crippen molar-refractivity contribution in [1.29, 1.82) is 0 Å². The van der Waals surface area contributed by atoms with E-state index in [4.69, 9.17) is 4.74 Å². The first-order chi connectivity index (χ1) is 13.3. The number of rotatable bonds is 4. The molecular weight excluding hydrogens is 385 g/mol. The Morgan fingerprint density at radius 2 is 1.79 bits per heavy atom. The molecule has 3 rings (SSSR count). The Morgan fingerprint density at radius 1 is 1.14 bits per heavy atom. The number of nitrogens with zero attached hydrogens (tertiary/aromatic N) is 2. The smallest absolute Gasteiger partial charge is 0.406 e. The van der Waals surface area contributed by atoms with Crippen LogP contribution in [-0.4, -0.2) is 15.9 Å². The Bertz CT molecular complexity index is 1010. The lowest BCUT2D eigenvalue weighted by Gasteiger charge is -2.12. The fraction of sp³-hybridized carbons (Fsp3) is 0.111. The summed E-state index contributed by atoms with van der Waals surface area (Å²) in [4.78, 5) is 12.1. The van der Waals surface area contributed by atoms with E-state index < -0.39 is 41.4 Å². The highest BCUT2D eigenvalue weighted by atomic mass is 19.3. The molecule has 146 valence electrons. The van der Waals surface area contributed by atoms with Gasteiger partial charge in [0.15, 0.2) is 28.9 Å². The number of para-hydroxylation sites is 1. The van der Waals surface area contributed by atoms with Gasteiger partial charge in [-0.05, 0) is 23.8 Å². The monoisotopic (exact) mass is 397 g/mol. The molecule has 2 aromatic carbocycles. The minimum Gasteiger partial charge on any atom is -0.406 e. The molecule has 1 heterocycles. The van der Waals surface area contributed by atoms with E-state index in [9.17, 15) is 26.7 Å². The molecule has 1 aromatic heterocycles. The van der Waals surface area contributed by atoms with Crippen LogP contribution in [0.5, 0.6) is 5.75 Å². The van der Waals surface area contributed by atoms with Gasteiger partial charge in [-0.15, -0.1) is 0 Å². The molecule has 0 spiro atoms. The molecule has 10 heteroatoms. The number of hydrogen-bond donors (Lipinski definition) is 1. The van der Waals surface area contributed by atoms with E-state index in [-0.39, 0.29) is 16.8 Å². The van der Waals surface area contributed by atoms with Gasteiger partial charge in [-0.2, -0.15) is 5.10 Å². The summed E-state index contributed by atoms with van der Waals surface area (Å²) in [6.07, 6.45) is -2.98. The number of ether oxygens (including phenoxy) is 1. The molecule has 0 saturated heterocycles. The van der Waals surface area contributed by atoms with Crippen molar-refractivity contribution in [1.82, 2.24) is 9.78 Å². The molecule has 0 fully saturated rings. The third-order valence-electron chi connectivity index (χ3n) is 3.69. The van der Waals surface area contributed by atoms with Crippen molar-refractivity contribution in [3.63, 3.8) is 0 Å². The first kappa shape index (κ1) is 19.3. The van der Waals surface area contributed by atoms with Crippen molar-refractivity contribution in [3.05, 3.63) is 65.7 Å². The van der Waals surface area contributed by atoms with Crippen LogP contribution < -0.4 is 10.1 Å². The van der Waals surface area contributed by atoms with Crippen molar-refractivity contribution in [2.75, 3.05) is 5.32 Å². The number of amides is 1. The van der Waals surface area contributed by atoms with E-state index in [1.54, 1.807) is 0 Å². The van der Waals surface area contributed by atoms with Crippen LogP contribution in [-0.2, 0) is 7.05 Å². The van der Waals surface area contributed by atoms with Crippen LogP contribution in [0.4, 0.5) is 32.4 Å². The maximum atomic E-state index is 13.5. The summed E-state index contributed by atoms with van der Waals surface area (Å²) in [5, 5.41) is 5.81. The molecule has 0 saturated carbocycles. The maximum Gasteiger partial charge on any atom is 0.417 e. The lowest BCUT2D eigenvalue weighted by molar-refractivity contribution is 0.141. The van der Waals surface area contributed by atoms with E-state index >= 15 is 0 Å². The van der Waals surface area contributed by atoms with Gasteiger partial charge in [0, 0.05) is 12.6 Å². The number of anilines is 1. The lowest BCUT2D eigenvalue weighted by Crippen LogP contribution is -2.17. The summed E-state index contributed by atoms with van der Waals surface area (Å²) < 4.78 is 72.0.